The third kappa shape index (κ3) is 3.21. The summed E-state index contributed by atoms with van der Waals surface area (Å²) in [5, 5.41) is 3.79. The van der Waals surface area contributed by atoms with E-state index in [4.69, 9.17) is 4.74 Å². The first-order valence-corrected chi connectivity index (χ1v) is 9.76. The van der Waals surface area contributed by atoms with Crippen LogP contribution >= 0.6 is 7.05 Å². The molecule has 0 aliphatic carbocycles. The van der Waals surface area contributed by atoms with Crippen LogP contribution in [-0.2, 0) is 0 Å². The first-order chi connectivity index (χ1) is 11.9. The molecule has 0 aromatic heterocycles. The van der Waals surface area contributed by atoms with E-state index in [1.807, 2.05) is 6.92 Å². The number of nitrogens with zero attached hydrogens (tertiary/aromatic N) is 1. The third-order valence-corrected chi connectivity index (χ3v) is 7.63. The lowest BCUT2D eigenvalue weighted by atomic mass is 10.4. The van der Waals surface area contributed by atoms with E-state index in [2.05, 4.69) is 103 Å². The number of benzene rings is 3. The summed E-state index contributed by atoms with van der Waals surface area (Å²) in [5.41, 5.74) is 0. The summed E-state index contributed by atoms with van der Waals surface area (Å²) in [7, 11) is -2.06. The Morgan fingerprint density at radius 2 is 1.04 bits per heavy atom. The fourth-order valence-corrected chi connectivity index (χ4v) is 6.32. The van der Waals surface area contributed by atoms with Crippen molar-refractivity contribution in [2.75, 3.05) is 6.54 Å². The molecule has 118 valence electrons. The smallest absolute Gasteiger partial charge is 0.0994 e. The van der Waals surface area contributed by atoms with Crippen molar-refractivity contribution in [2.45, 2.75) is 6.92 Å². The highest BCUT2D eigenvalue weighted by Crippen LogP contribution is 2.46. The van der Waals surface area contributed by atoms with E-state index >= 15 is 0 Å². The molecule has 0 bridgehead atoms. The van der Waals surface area contributed by atoms with Crippen LogP contribution in [0.4, 0.5) is 0 Å². The molecule has 3 aromatic carbocycles. The number of hydrogen-bond acceptors (Lipinski definition) is 1. The van der Waals surface area contributed by atoms with Gasteiger partial charge in [0.25, 0.3) is 0 Å². The van der Waals surface area contributed by atoms with Crippen LogP contribution in [0.3, 0.4) is 0 Å². The van der Waals surface area contributed by atoms with Gasteiger partial charge < -0.3 is 0 Å². The molecule has 1 nitrogen and oxygen atoms in total. The zero-order valence-electron chi connectivity index (χ0n) is 13.8. The minimum atomic E-state index is -2.06. The Labute approximate surface area is 144 Å². The van der Waals surface area contributed by atoms with Crippen LogP contribution in [0.1, 0.15) is 6.92 Å². The molecule has 0 spiro atoms. The molecule has 0 heterocycles. The number of hydrogen-bond donors (Lipinski definition) is 0. The summed E-state index contributed by atoms with van der Waals surface area (Å²) >= 11 is 0. The summed E-state index contributed by atoms with van der Waals surface area (Å²) < 4.78 is 5.19. The molecular weight excluding hydrogens is 309 g/mol. The molecular formula is C22H20NP. The lowest BCUT2D eigenvalue weighted by Gasteiger charge is -2.26. The Kier molecular flexibility index (Phi) is 5.32. The lowest BCUT2D eigenvalue weighted by Crippen LogP contribution is -2.25. The van der Waals surface area contributed by atoms with Crippen LogP contribution in [0.25, 0.3) is 0 Å². The van der Waals surface area contributed by atoms with Crippen LogP contribution in [0.15, 0.2) is 95.7 Å². The van der Waals surface area contributed by atoms with Gasteiger partial charge in [0, 0.05) is 15.9 Å². The Morgan fingerprint density at radius 3 is 1.38 bits per heavy atom. The minimum absolute atomic E-state index is 0.545. The quantitative estimate of drug-likeness (QED) is 0.503. The van der Waals surface area contributed by atoms with Gasteiger partial charge in [0.1, 0.15) is 0 Å². The zero-order valence-corrected chi connectivity index (χ0v) is 14.7. The Balaban J connectivity index is 2.36. The maximum absolute atomic E-state index is 5.19. The molecule has 0 amide bonds. The predicted molar refractivity (Wildman–Crippen MR) is 106 cm³/mol. The van der Waals surface area contributed by atoms with Gasteiger partial charge >= 0.3 is 0 Å². The van der Waals surface area contributed by atoms with E-state index in [9.17, 15) is 0 Å². The van der Waals surface area contributed by atoms with Crippen molar-refractivity contribution in [1.29, 1.82) is 0 Å². The Morgan fingerprint density at radius 1 is 0.667 bits per heavy atom. The number of rotatable bonds is 4. The molecule has 3 aromatic rings. The lowest BCUT2D eigenvalue weighted by molar-refractivity contribution is 1.32. The van der Waals surface area contributed by atoms with Gasteiger partial charge in [-0.15, -0.1) is 5.92 Å². The van der Waals surface area contributed by atoms with Crippen molar-refractivity contribution in [3.05, 3.63) is 91.0 Å². The molecule has 0 aliphatic rings. The molecule has 0 aliphatic heterocycles. The highest BCUT2D eigenvalue weighted by molar-refractivity contribution is 7.87. The summed E-state index contributed by atoms with van der Waals surface area (Å²) in [4.78, 5) is 0. The molecule has 2 heteroatoms. The van der Waals surface area contributed by atoms with E-state index in [0.717, 1.165) is 0 Å². The second-order valence-electron chi connectivity index (χ2n) is 5.37. The van der Waals surface area contributed by atoms with Crippen LogP contribution in [-0.4, -0.2) is 6.54 Å². The maximum Gasteiger partial charge on any atom is 0.0994 e. The van der Waals surface area contributed by atoms with Crippen LogP contribution in [0.2, 0.25) is 0 Å². The summed E-state index contributed by atoms with van der Waals surface area (Å²) in [6.07, 6.45) is 0. The van der Waals surface area contributed by atoms with Gasteiger partial charge in [-0.05, 0) is 6.92 Å². The predicted octanol–water partition coefficient (Wildman–Crippen LogP) is 4.19. The van der Waals surface area contributed by atoms with E-state index in [0.29, 0.717) is 6.54 Å². The first kappa shape index (κ1) is 16.3. The van der Waals surface area contributed by atoms with Crippen molar-refractivity contribution >= 4 is 23.0 Å². The zero-order chi connectivity index (χ0) is 16.7. The highest BCUT2D eigenvalue weighted by atomic mass is 31.2. The van der Waals surface area contributed by atoms with Crippen molar-refractivity contribution < 1.29 is 0 Å². The van der Waals surface area contributed by atoms with Gasteiger partial charge in [0.2, 0.25) is 0 Å². The molecule has 0 N–H and O–H groups in total. The highest BCUT2D eigenvalue weighted by Gasteiger charge is 2.26. The van der Waals surface area contributed by atoms with Gasteiger partial charge in [0.15, 0.2) is 0 Å². The summed E-state index contributed by atoms with van der Waals surface area (Å²) in [5.74, 6) is 6.09. The molecule has 0 saturated carbocycles. The Hall–Kier alpha value is -2.55. The summed E-state index contributed by atoms with van der Waals surface area (Å²) in [6.45, 7) is 2.41. The normalized spacial score (nSPS) is 10.5. The SMILES string of the molecule is CC#CCN=P(c1ccccc1)(c1ccccc1)c1ccccc1. The van der Waals surface area contributed by atoms with Gasteiger partial charge in [-0.25, -0.2) is 0 Å². The topological polar surface area (TPSA) is 12.4 Å². The monoisotopic (exact) mass is 329 g/mol. The van der Waals surface area contributed by atoms with Crippen molar-refractivity contribution in [3.63, 3.8) is 0 Å². The largest absolute Gasteiger partial charge is 0.277 e. The molecule has 0 fully saturated rings. The average Bonchev–Trinajstić information content (AvgIpc) is 2.68. The minimum Gasteiger partial charge on any atom is -0.277 e. The standard InChI is InChI=1S/C22H20NP/c1-2-3-19-23-24(20-13-7-4-8-14-20,21-15-9-5-10-16-21)22-17-11-6-12-18-22/h4-18H,19H2,1H3. The molecule has 24 heavy (non-hydrogen) atoms. The van der Waals surface area contributed by atoms with Crippen molar-refractivity contribution in [3.8, 4) is 11.8 Å². The average molecular weight is 329 g/mol. The molecule has 0 radical (unpaired) electrons. The molecule has 3 rings (SSSR count). The second kappa shape index (κ2) is 7.82. The van der Waals surface area contributed by atoms with Crippen molar-refractivity contribution in [1.82, 2.24) is 0 Å². The molecule has 0 atom stereocenters. The van der Waals surface area contributed by atoms with E-state index in [1.165, 1.54) is 15.9 Å². The first-order valence-electron chi connectivity index (χ1n) is 8.02. The van der Waals surface area contributed by atoms with E-state index in [1.54, 1.807) is 0 Å². The van der Waals surface area contributed by atoms with Gasteiger partial charge in [0.05, 0.1) is 13.6 Å². The fraction of sp³-hybridized carbons (Fsp3) is 0.0909. The molecule has 0 unspecified atom stereocenters. The Bertz CT molecular complexity index is 785. The van der Waals surface area contributed by atoms with E-state index in [-0.39, 0.29) is 0 Å². The second-order valence-corrected chi connectivity index (χ2v) is 8.47. The van der Waals surface area contributed by atoms with Gasteiger partial charge in [-0.2, -0.15) is 0 Å². The molecule has 0 saturated heterocycles. The summed E-state index contributed by atoms with van der Waals surface area (Å²) in [6, 6.07) is 31.9. The third-order valence-electron chi connectivity index (χ3n) is 3.93. The van der Waals surface area contributed by atoms with Gasteiger partial charge in [-0.1, -0.05) is 96.9 Å². The fourth-order valence-electron chi connectivity index (χ4n) is 2.84. The van der Waals surface area contributed by atoms with E-state index < -0.39 is 7.05 Å². The van der Waals surface area contributed by atoms with Gasteiger partial charge in [-0.3, -0.25) is 4.74 Å². The van der Waals surface area contributed by atoms with Crippen molar-refractivity contribution in [2.24, 2.45) is 4.74 Å². The van der Waals surface area contributed by atoms with Crippen LogP contribution < -0.4 is 15.9 Å². The van der Waals surface area contributed by atoms with Crippen LogP contribution in [0, 0.1) is 11.8 Å². The van der Waals surface area contributed by atoms with Crippen LogP contribution in [0.5, 0.6) is 0 Å². The maximum atomic E-state index is 5.19.